The second kappa shape index (κ2) is 5.57. The lowest BCUT2D eigenvalue weighted by Crippen LogP contribution is -2.13. The van der Waals surface area contributed by atoms with Gasteiger partial charge in [0.1, 0.15) is 0 Å². The molecule has 17 heavy (non-hydrogen) atoms. The summed E-state index contributed by atoms with van der Waals surface area (Å²) >= 11 is 9.09. The number of ether oxygens (including phenoxy) is 2. The smallest absolute Gasteiger partial charge is 0.337 e. The Kier molecular flexibility index (Phi) is 4.62. The number of aliphatic hydroxyl groups is 1. The molecule has 0 radical (unpaired) electrons. The summed E-state index contributed by atoms with van der Waals surface area (Å²) in [4.78, 5) is 10.8. The van der Waals surface area contributed by atoms with E-state index < -0.39 is 12.1 Å². The summed E-state index contributed by atoms with van der Waals surface area (Å²) < 4.78 is 10.6. The van der Waals surface area contributed by atoms with Crippen LogP contribution >= 0.6 is 27.5 Å². The van der Waals surface area contributed by atoms with Gasteiger partial charge in [0, 0.05) is 0 Å². The van der Waals surface area contributed by atoms with E-state index in [2.05, 4.69) is 15.9 Å². The van der Waals surface area contributed by atoms with Gasteiger partial charge in [-0.25, -0.2) is 4.79 Å². The standard InChI is InChI=1S/C10H10BrClO5/c1-16-8-4(11)3-5(12)6(9(8)17-2)7(13)10(14)15/h3,7,13H,1-2H3,(H,14,15). The van der Waals surface area contributed by atoms with Crippen LogP contribution in [-0.4, -0.2) is 30.4 Å². The molecule has 94 valence electrons. The molecule has 0 fully saturated rings. The number of benzene rings is 1. The fourth-order valence-electron chi connectivity index (χ4n) is 1.36. The van der Waals surface area contributed by atoms with Crippen LogP contribution in [0.15, 0.2) is 10.5 Å². The van der Waals surface area contributed by atoms with E-state index in [0.717, 1.165) is 0 Å². The van der Waals surface area contributed by atoms with Crippen molar-refractivity contribution in [3.63, 3.8) is 0 Å². The van der Waals surface area contributed by atoms with Crippen LogP contribution in [-0.2, 0) is 4.79 Å². The van der Waals surface area contributed by atoms with Gasteiger partial charge in [0.05, 0.1) is 29.3 Å². The number of hydrogen-bond donors (Lipinski definition) is 2. The normalized spacial score (nSPS) is 12.1. The lowest BCUT2D eigenvalue weighted by atomic mass is 10.1. The van der Waals surface area contributed by atoms with Gasteiger partial charge < -0.3 is 19.7 Å². The lowest BCUT2D eigenvalue weighted by molar-refractivity contribution is -0.147. The first-order chi connectivity index (χ1) is 7.93. The minimum Gasteiger partial charge on any atom is -0.492 e. The fourth-order valence-corrected chi connectivity index (χ4v) is 2.37. The molecule has 2 N–H and O–H groups in total. The molecule has 7 heteroatoms. The third-order valence-electron chi connectivity index (χ3n) is 2.09. The van der Waals surface area contributed by atoms with Crippen molar-refractivity contribution < 1.29 is 24.5 Å². The molecule has 5 nitrogen and oxygen atoms in total. The quantitative estimate of drug-likeness (QED) is 0.888. The fraction of sp³-hybridized carbons (Fsp3) is 0.300. The van der Waals surface area contributed by atoms with Gasteiger partial charge in [0.15, 0.2) is 17.6 Å². The maximum absolute atomic E-state index is 10.8. The summed E-state index contributed by atoms with van der Waals surface area (Å²) in [6.07, 6.45) is -1.78. The van der Waals surface area contributed by atoms with Crippen LogP contribution in [0.5, 0.6) is 11.5 Å². The van der Waals surface area contributed by atoms with Crippen molar-refractivity contribution in [1.82, 2.24) is 0 Å². The summed E-state index contributed by atoms with van der Waals surface area (Å²) in [5.74, 6) is -1.07. The Bertz CT molecular complexity index is 449. The average molecular weight is 326 g/mol. The molecule has 0 saturated heterocycles. The van der Waals surface area contributed by atoms with E-state index >= 15 is 0 Å². The Morgan fingerprint density at radius 2 is 1.94 bits per heavy atom. The van der Waals surface area contributed by atoms with Gasteiger partial charge in [-0.1, -0.05) is 11.6 Å². The Labute approximate surface area is 111 Å². The van der Waals surface area contributed by atoms with Crippen molar-refractivity contribution in [2.45, 2.75) is 6.10 Å². The molecule has 0 aliphatic carbocycles. The zero-order valence-electron chi connectivity index (χ0n) is 9.03. The van der Waals surface area contributed by atoms with E-state index in [4.69, 9.17) is 26.2 Å². The van der Waals surface area contributed by atoms with Gasteiger partial charge in [-0.15, -0.1) is 0 Å². The highest BCUT2D eigenvalue weighted by Crippen LogP contribution is 2.44. The number of rotatable bonds is 4. The van der Waals surface area contributed by atoms with Gasteiger partial charge in [0.2, 0.25) is 0 Å². The summed E-state index contributed by atoms with van der Waals surface area (Å²) in [6.45, 7) is 0. The molecule has 1 atom stereocenters. The van der Waals surface area contributed by atoms with Gasteiger partial charge in [-0.2, -0.15) is 0 Å². The molecule has 0 amide bonds. The van der Waals surface area contributed by atoms with E-state index in [9.17, 15) is 9.90 Å². The van der Waals surface area contributed by atoms with Crippen molar-refractivity contribution in [2.75, 3.05) is 14.2 Å². The Morgan fingerprint density at radius 1 is 1.41 bits per heavy atom. The topological polar surface area (TPSA) is 76.0 Å². The third kappa shape index (κ3) is 2.65. The second-order valence-corrected chi connectivity index (χ2v) is 4.32. The number of carbonyl (C=O) groups is 1. The predicted octanol–water partition coefficient (Wildman–Crippen LogP) is 2.24. The highest BCUT2D eigenvalue weighted by atomic mass is 79.9. The number of halogens is 2. The maximum atomic E-state index is 10.8. The number of hydrogen-bond acceptors (Lipinski definition) is 4. The molecule has 0 aliphatic rings. The Hall–Kier alpha value is -0.980. The SMILES string of the molecule is COc1c(Br)cc(Cl)c(C(O)C(=O)O)c1OC. The molecular formula is C10H10BrClO5. The van der Waals surface area contributed by atoms with E-state index in [1.165, 1.54) is 20.3 Å². The van der Waals surface area contributed by atoms with E-state index in [0.29, 0.717) is 4.47 Å². The third-order valence-corrected chi connectivity index (χ3v) is 3.00. The molecule has 1 rings (SSSR count). The number of aliphatic hydroxyl groups excluding tert-OH is 1. The number of carboxylic acids is 1. The maximum Gasteiger partial charge on any atom is 0.337 e. The first-order valence-electron chi connectivity index (χ1n) is 4.44. The van der Waals surface area contributed by atoms with E-state index in [1.807, 2.05) is 0 Å². The molecule has 0 heterocycles. The molecule has 0 bridgehead atoms. The largest absolute Gasteiger partial charge is 0.492 e. The molecule has 0 aromatic heterocycles. The Balaban J connectivity index is 3.52. The predicted molar refractivity (Wildman–Crippen MR) is 64.9 cm³/mol. The first-order valence-corrected chi connectivity index (χ1v) is 5.61. The summed E-state index contributed by atoms with van der Waals surface area (Å²) in [5.41, 5.74) is -0.0401. The first kappa shape index (κ1) is 14.1. The van der Waals surface area contributed by atoms with Crippen molar-refractivity contribution in [2.24, 2.45) is 0 Å². The highest BCUT2D eigenvalue weighted by molar-refractivity contribution is 9.10. The Morgan fingerprint density at radius 3 is 2.35 bits per heavy atom. The molecule has 1 aromatic carbocycles. The van der Waals surface area contributed by atoms with Crippen LogP contribution < -0.4 is 9.47 Å². The van der Waals surface area contributed by atoms with E-state index in [-0.39, 0.29) is 22.1 Å². The molecule has 1 aromatic rings. The molecule has 0 aliphatic heterocycles. The summed E-state index contributed by atoms with van der Waals surface area (Å²) in [6, 6.07) is 1.43. The second-order valence-electron chi connectivity index (χ2n) is 3.06. The van der Waals surface area contributed by atoms with Crippen LogP contribution in [0.25, 0.3) is 0 Å². The molecule has 1 unspecified atom stereocenters. The molecule has 0 spiro atoms. The van der Waals surface area contributed by atoms with Crippen molar-refractivity contribution in [1.29, 1.82) is 0 Å². The van der Waals surface area contributed by atoms with E-state index in [1.54, 1.807) is 0 Å². The van der Waals surface area contributed by atoms with Crippen molar-refractivity contribution in [3.05, 3.63) is 21.1 Å². The molecular weight excluding hydrogens is 315 g/mol. The van der Waals surface area contributed by atoms with Crippen LogP contribution in [0, 0.1) is 0 Å². The van der Waals surface area contributed by atoms with Crippen LogP contribution in [0.4, 0.5) is 0 Å². The average Bonchev–Trinajstić information content (AvgIpc) is 2.27. The lowest BCUT2D eigenvalue weighted by Gasteiger charge is -2.17. The molecule has 0 saturated carbocycles. The van der Waals surface area contributed by atoms with Crippen LogP contribution in [0.3, 0.4) is 0 Å². The number of methoxy groups -OCH3 is 2. The monoisotopic (exact) mass is 324 g/mol. The zero-order valence-corrected chi connectivity index (χ0v) is 11.4. The van der Waals surface area contributed by atoms with Gasteiger partial charge in [0.25, 0.3) is 0 Å². The number of aliphatic carboxylic acids is 1. The van der Waals surface area contributed by atoms with Gasteiger partial charge in [-0.05, 0) is 22.0 Å². The van der Waals surface area contributed by atoms with Gasteiger partial charge >= 0.3 is 5.97 Å². The number of carboxylic acid groups (broad SMARTS) is 1. The van der Waals surface area contributed by atoms with Crippen LogP contribution in [0.1, 0.15) is 11.7 Å². The summed E-state index contributed by atoms with van der Waals surface area (Å²) in [7, 11) is 2.73. The minimum atomic E-state index is -1.78. The minimum absolute atomic E-state index is 0.0401. The zero-order chi connectivity index (χ0) is 13.2. The van der Waals surface area contributed by atoms with Gasteiger partial charge in [-0.3, -0.25) is 0 Å². The van der Waals surface area contributed by atoms with Crippen LogP contribution in [0.2, 0.25) is 5.02 Å². The summed E-state index contributed by atoms with van der Waals surface area (Å²) in [5, 5.41) is 18.4. The van der Waals surface area contributed by atoms with Crippen molar-refractivity contribution in [3.8, 4) is 11.5 Å². The van der Waals surface area contributed by atoms with Crippen molar-refractivity contribution >= 4 is 33.5 Å². The highest BCUT2D eigenvalue weighted by Gasteiger charge is 2.27.